The van der Waals surface area contributed by atoms with Gasteiger partial charge in [-0.3, -0.25) is 4.79 Å². The molecule has 0 atom stereocenters. The maximum Gasteiger partial charge on any atom is 0.222 e. The van der Waals surface area contributed by atoms with Crippen LogP contribution in [0.2, 0.25) is 0 Å². The van der Waals surface area contributed by atoms with E-state index in [-0.39, 0.29) is 11.4 Å². The molecule has 5 nitrogen and oxygen atoms in total. The first-order valence-corrected chi connectivity index (χ1v) is 8.64. The second-order valence-corrected chi connectivity index (χ2v) is 6.56. The average molecular weight is 314 g/mol. The highest BCUT2D eigenvalue weighted by Gasteiger charge is 2.35. The molecule has 1 aliphatic carbocycles. The van der Waals surface area contributed by atoms with Crippen LogP contribution in [-0.4, -0.2) is 26.6 Å². The number of aromatic nitrogens is 3. The first kappa shape index (κ1) is 15.8. The zero-order valence-electron chi connectivity index (χ0n) is 13.7. The number of nitrogens with zero attached hydrogens (tertiary/aromatic N) is 3. The minimum absolute atomic E-state index is 0.0177. The predicted molar refractivity (Wildman–Crippen MR) is 90.0 cm³/mol. The third-order valence-electron chi connectivity index (χ3n) is 4.90. The number of carbonyl (C=O) groups is 1. The summed E-state index contributed by atoms with van der Waals surface area (Å²) in [5.74, 6) is 0.172. The van der Waals surface area contributed by atoms with Crippen LogP contribution in [0.4, 0.5) is 0 Å². The summed E-state index contributed by atoms with van der Waals surface area (Å²) in [6.07, 6.45) is 17.2. The molecule has 2 heterocycles. The van der Waals surface area contributed by atoms with Gasteiger partial charge in [0.25, 0.3) is 0 Å². The smallest absolute Gasteiger partial charge is 0.222 e. The number of rotatable bonds is 7. The molecule has 23 heavy (non-hydrogen) atoms. The Bertz CT molecular complexity index is 583. The van der Waals surface area contributed by atoms with Crippen molar-refractivity contribution >= 4 is 5.91 Å². The first-order valence-electron chi connectivity index (χ1n) is 8.64. The van der Waals surface area contributed by atoms with E-state index < -0.39 is 0 Å². The average Bonchev–Trinajstić information content (AvgIpc) is 3.26. The van der Waals surface area contributed by atoms with Gasteiger partial charge in [0, 0.05) is 37.9 Å². The van der Waals surface area contributed by atoms with Crippen LogP contribution in [0.15, 0.2) is 43.2 Å². The maximum absolute atomic E-state index is 12.4. The summed E-state index contributed by atoms with van der Waals surface area (Å²) in [4.78, 5) is 16.5. The maximum atomic E-state index is 12.4. The quantitative estimate of drug-likeness (QED) is 0.799. The number of hydrogen-bond donors (Lipinski definition) is 1. The third kappa shape index (κ3) is 4.03. The molecule has 0 unspecified atom stereocenters. The second-order valence-electron chi connectivity index (χ2n) is 6.56. The van der Waals surface area contributed by atoms with Crippen molar-refractivity contribution in [2.45, 2.75) is 57.0 Å². The van der Waals surface area contributed by atoms with Gasteiger partial charge in [0.15, 0.2) is 0 Å². The summed E-state index contributed by atoms with van der Waals surface area (Å²) in [5, 5.41) is 3.09. The van der Waals surface area contributed by atoms with E-state index in [1.165, 1.54) is 19.3 Å². The van der Waals surface area contributed by atoms with Crippen molar-refractivity contribution in [2.75, 3.05) is 6.54 Å². The Morgan fingerprint density at radius 1 is 1.13 bits per heavy atom. The topological polar surface area (TPSA) is 51.9 Å². The van der Waals surface area contributed by atoms with Gasteiger partial charge < -0.3 is 14.5 Å². The number of hydrogen-bond acceptors (Lipinski definition) is 2. The van der Waals surface area contributed by atoms with Crippen LogP contribution in [0, 0.1) is 0 Å². The molecule has 124 valence electrons. The fraction of sp³-hybridized carbons (Fsp3) is 0.556. The number of carbonyl (C=O) groups excluding carboxylic acids is 1. The van der Waals surface area contributed by atoms with Crippen LogP contribution in [0.25, 0.3) is 0 Å². The summed E-state index contributed by atoms with van der Waals surface area (Å²) in [7, 11) is 0. The van der Waals surface area contributed by atoms with Crippen molar-refractivity contribution in [3.63, 3.8) is 0 Å². The lowest BCUT2D eigenvalue weighted by molar-refractivity contribution is -0.123. The van der Waals surface area contributed by atoms with Gasteiger partial charge in [-0.25, -0.2) is 4.98 Å². The predicted octanol–water partition coefficient (Wildman–Crippen LogP) is 2.94. The van der Waals surface area contributed by atoms with Crippen LogP contribution in [0.5, 0.6) is 0 Å². The SMILES string of the molecule is O=C(CC1(n2cccc2)CCCCC1)NCCCn1ccnc1. The molecule has 0 bridgehead atoms. The van der Waals surface area contributed by atoms with Crippen molar-refractivity contribution in [3.05, 3.63) is 43.2 Å². The van der Waals surface area contributed by atoms with E-state index in [1.54, 1.807) is 6.20 Å². The number of imidazole rings is 1. The normalized spacial score (nSPS) is 17.0. The van der Waals surface area contributed by atoms with Crippen LogP contribution in [-0.2, 0) is 16.9 Å². The molecule has 1 aliphatic rings. The van der Waals surface area contributed by atoms with E-state index in [4.69, 9.17) is 0 Å². The van der Waals surface area contributed by atoms with E-state index >= 15 is 0 Å². The lowest BCUT2D eigenvalue weighted by Crippen LogP contribution is -2.41. The Kier molecular flexibility index (Phi) is 5.16. The van der Waals surface area contributed by atoms with Gasteiger partial charge in [-0.2, -0.15) is 0 Å². The summed E-state index contributed by atoms with van der Waals surface area (Å²) in [6.45, 7) is 1.61. The molecular formula is C18H26N4O. The molecule has 2 aromatic rings. The van der Waals surface area contributed by atoms with Gasteiger partial charge in [0.1, 0.15) is 0 Å². The standard InChI is InChI=1S/C18H26N4O/c23-17(20-9-6-11-21-14-10-19-16-21)15-18(7-2-1-3-8-18)22-12-4-5-13-22/h4-5,10,12-14,16H,1-3,6-9,11,15H2,(H,20,23). The van der Waals surface area contributed by atoms with Crippen molar-refractivity contribution in [1.29, 1.82) is 0 Å². The molecule has 3 rings (SSSR count). The van der Waals surface area contributed by atoms with E-state index in [1.807, 2.05) is 17.1 Å². The minimum atomic E-state index is -0.0177. The Balaban J connectivity index is 1.50. The fourth-order valence-corrected chi connectivity index (χ4v) is 3.66. The molecule has 1 fully saturated rings. The Labute approximate surface area is 137 Å². The van der Waals surface area contributed by atoms with Crippen LogP contribution < -0.4 is 5.32 Å². The summed E-state index contributed by atoms with van der Waals surface area (Å²) in [5.41, 5.74) is -0.0177. The van der Waals surface area contributed by atoms with E-state index in [0.29, 0.717) is 6.42 Å². The van der Waals surface area contributed by atoms with E-state index in [0.717, 1.165) is 32.4 Å². The summed E-state index contributed by atoms with van der Waals surface area (Å²) in [6, 6.07) is 4.11. The van der Waals surface area contributed by atoms with Gasteiger partial charge in [-0.15, -0.1) is 0 Å². The fourth-order valence-electron chi connectivity index (χ4n) is 3.66. The molecule has 0 radical (unpaired) electrons. The van der Waals surface area contributed by atoms with E-state index in [2.05, 4.69) is 39.4 Å². The van der Waals surface area contributed by atoms with Crippen LogP contribution in [0.3, 0.4) is 0 Å². The Morgan fingerprint density at radius 3 is 2.61 bits per heavy atom. The van der Waals surface area contributed by atoms with Crippen molar-refractivity contribution in [1.82, 2.24) is 19.4 Å². The molecule has 1 amide bonds. The van der Waals surface area contributed by atoms with Crippen molar-refractivity contribution in [3.8, 4) is 0 Å². The zero-order chi connectivity index (χ0) is 16.0. The molecule has 0 aliphatic heterocycles. The lowest BCUT2D eigenvalue weighted by Gasteiger charge is -2.38. The highest BCUT2D eigenvalue weighted by molar-refractivity contribution is 5.76. The van der Waals surface area contributed by atoms with Gasteiger partial charge in [0.05, 0.1) is 18.3 Å². The molecule has 0 aromatic carbocycles. The number of nitrogens with one attached hydrogen (secondary N) is 1. The van der Waals surface area contributed by atoms with Crippen molar-refractivity contribution < 1.29 is 4.79 Å². The first-order chi connectivity index (χ1) is 11.3. The van der Waals surface area contributed by atoms with Crippen LogP contribution >= 0.6 is 0 Å². The third-order valence-corrected chi connectivity index (χ3v) is 4.90. The Morgan fingerprint density at radius 2 is 1.91 bits per heavy atom. The molecule has 1 N–H and O–H groups in total. The van der Waals surface area contributed by atoms with Gasteiger partial charge in [0.2, 0.25) is 5.91 Å². The lowest BCUT2D eigenvalue weighted by atomic mass is 9.78. The van der Waals surface area contributed by atoms with Gasteiger partial charge >= 0.3 is 0 Å². The summed E-state index contributed by atoms with van der Waals surface area (Å²) >= 11 is 0. The number of amides is 1. The minimum Gasteiger partial charge on any atom is -0.356 e. The van der Waals surface area contributed by atoms with E-state index in [9.17, 15) is 4.79 Å². The highest BCUT2D eigenvalue weighted by Crippen LogP contribution is 2.37. The molecular weight excluding hydrogens is 288 g/mol. The molecule has 0 spiro atoms. The molecule has 0 saturated heterocycles. The number of aryl methyl sites for hydroxylation is 1. The molecule has 1 saturated carbocycles. The van der Waals surface area contributed by atoms with Gasteiger partial charge in [-0.1, -0.05) is 19.3 Å². The highest BCUT2D eigenvalue weighted by atomic mass is 16.1. The largest absolute Gasteiger partial charge is 0.356 e. The summed E-state index contributed by atoms with van der Waals surface area (Å²) < 4.78 is 4.30. The molecule has 2 aromatic heterocycles. The van der Waals surface area contributed by atoms with Crippen molar-refractivity contribution in [2.24, 2.45) is 0 Å². The second kappa shape index (κ2) is 7.49. The van der Waals surface area contributed by atoms with Crippen LogP contribution in [0.1, 0.15) is 44.9 Å². The van der Waals surface area contributed by atoms with Gasteiger partial charge in [-0.05, 0) is 31.4 Å². The monoisotopic (exact) mass is 314 g/mol. The zero-order valence-corrected chi connectivity index (χ0v) is 13.7. The Hall–Kier alpha value is -2.04. The molecule has 5 heteroatoms.